The second kappa shape index (κ2) is 12.1. The number of hydrogen-bond donors (Lipinski definition) is 2. The van der Waals surface area contributed by atoms with Crippen molar-refractivity contribution in [3.05, 3.63) is 23.8 Å². The summed E-state index contributed by atoms with van der Waals surface area (Å²) in [4.78, 5) is 24.6. The van der Waals surface area contributed by atoms with Gasteiger partial charge < -0.3 is 25.3 Å². The van der Waals surface area contributed by atoms with E-state index < -0.39 is 18.1 Å². The van der Waals surface area contributed by atoms with Gasteiger partial charge in [-0.15, -0.1) is 0 Å². The molecule has 0 bridgehead atoms. The van der Waals surface area contributed by atoms with Gasteiger partial charge in [0, 0.05) is 22.6 Å². The number of anilines is 1. The first-order chi connectivity index (χ1) is 14.5. The predicted molar refractivity (Wildman–Crippen MR) is 120 cm³/mol. The lowest BCUT2D eigenvalue weighted by atomic mass is 9.83. The maximum absolute atomic E-state index is 12.8. The smallest absolute Gasteiger partial charge is 0.328 e. The molecule has 0 aliphatic carbocycles. The fourth-order valence-corrected chi connectivity index (χ4v) is 5.23. The molecule has 0 saturated heterocycles. The zero-order valence-corrected chi connectivity index (χ0v) is 19.1. The van der Waals surface area contributed by atoms with Crippen LogP contribution >= 0.6 is 11.8 Å². The third kappa shape index (κ3) is 6.04. The Labute approximate surface area is 183 Å². The molecule has 2 rings (SSSR count). The normalized spacial score (nSPS) is 21.2. The van der Waals surface area contributed by atoms with Crippen molar-refractivity contribution in [3.8, 4) is 5.75 Å². The van der Waals surface area contributed by atoms with Crippen molar-refractivity contribution in [2.75, 3.05) is 31.9 Å². The Morgan fingerprint density at radius 3 is 2.63 bits per heavy atom. The summed E-state index contributed by atoms with van der Waals surface area (Å²) in [5, 5.41) is 3.37. The molecule has 3 N–H and O–H groups in total. The molecule has 1 aromatic rings. The highest BCUT2D eigenvalue weighted by molar-refractivity contribution is 7.99. The highest BCUT2D eigenvalue weighted by Gasteiger charge is 2.41. The molecule has 1 aliphatic rings. The number of carbonyl (C=O) groups excluding carboxylic acids is 2. The Morgan fingerprint density at radius 1 is 1.23 bits per heavy atom. The molecule has 1 aromatic carbocycles. The minimum atomic E-state index is -0.721. The Hall–Kier alpha value is -1.93. The van der Waals surface area contributed by atoms with Crippen molar-refractivity contribution in [1.82, 2.24) is 0 Å². The van der Waals surface area contributed by atoms with Gasteiger partial charge in [-0.05, 0) is 37.1 Å². The van der Waals surface area contributed by atoms with E-state index in [9.17, 15) is 9.59 Å². The number of unbranched alkanes of at least 4 members (excludes halogenated alkanes) is 2. The Kier molecular flexibility index (Phi) is 9.78. The van der Waals surface area contributed by atoms with E-state index in [-0.39, 0.29) is 17.1 Å². The van der Waals surface area contributed by atoms with Gasteiger partial charge >= 0.3 is 11.9 Å². The summed E-state index contributed by atoms with van der Waals surface area (Å²) in [7, 11) is 2.97. The topological polar surface area (TPSA) is 99.9 Å². The van der Waals surface area contributed by atoms with Crippen LogP contribution in [-0.2, 0) is 19.1 Å². The van der Waals surface area contributed by atoms with Crippen molar-refractivity contribution >= 4 is 29.4 Å². The summed E-state index contributed by atoms with van der Waals surface area (Å²) in [5.41, 5.74) is 7.94. The molecule has 7 nitrogen and oxygen atoms in total. The first-order valence-corrected chi connectivity index (χ1v) is 11.6. The van der Waals surface area contributed by atoms with Crippen molar-refractivity contribution < 1.29 is 23.8 Å². The number of hydrogen-bond acceptors (Lipinski definition) is 8. The molecule has 0 amide bonds. The number of methoxy groups -OCH3 is 2. The van der Waals surface area contributed by atoms with Crippen LogP contribution in [0.2, 0.25) is 0 Å². The Morgan fingerprint density at radius 2 is 2.00 bits per heavy atom. The minimum absolute atomic E-state index is 0.00468. The summed E-state index contributed by atoms with van der Waals surface area (Å²) in [6, 6.07) is 4.62. The van der Waals surface area contributed by atoms with Crippen molar-refractivity contribution in [3.63, 3.8) is 0 Å². The van der Waals surface area contributed by atoms with E-state index in [2.05, 4.69) is 12.2 Å². The minimum Gasteiger partial charge on any atom is -0.497 e. The van der Waals surface area contributed by atoms with E-state index in [1.54, 1.807) is 18.9 Å². The predicted octanol–water partition coefficient (Wildman–Crippen LogP) is 3.52. The van der Waals surface area contributed by atoms with E-state index in [4.69, 9.17) is 19.9 Å². The number of nitrogens with one attached hydrogen (secondary N) is 1. The number of ether oxygens (including phenoxy) is 3. The summed E-state index contributed by atoms with van der Waals surface area (Å²) in [6.07, 6.45) is 4.07. The molecule has 0 radical (unpaired) electrons. The zero-order chi connectivity index (χ0) is 22.1. The Balaban J connectivity index is 2.39. The number of carbonyl (C=O) groups is 2. The van der Waals surface area contributed by atoms with Crippen LogP contribution in [0.25, 0.3) is 0 Å². The van der Waals surface area contributed by atoms with Gasteiger partial charge in [-0.1, -0.05) is 26.2 Å². The van der Waals surface area contributed by atoms with Crippen LogP contribution in [0.5, 0.6) is 5.75 Å². The monoisotopic (exact) mass is 438 g/mol. The van der Waals surface area contributed by atoms with Crippen LogP contribution in [0.15, 0.2) is 18.2 Å². The van der Waals surface area contributed by atoms with E-state index in [1.165, 1.54) is 7.11 Å². The van der Waals surface area contributed by atoms with Crippen LogP contribution in [-0.4, -0.2) is 50.6 Å². The number of rotatable bonds is 11. The molecule has 0 aromatic heterocycles. The molecular formula is C22H34N2O5S. The van der Waals surface area contributed by atoms with Gasteiger partial charge in [0.05, 0.1) is 20.8 Å². The van der Waals surface area contributed by atoms with Gasteiger partial charge in [0.25, 0.3) is 0 Å². The molecule has 0 fully saturated rings. The first kappa shape index (κ1) is 24.3. The van der Waals surface area contributed by atoms with Gasteiger partial charge in [-0.3, -0.25) is 4.79 Å². The largest absolute Gasteiger partial charge is 0.497 e. The number of thioether (sulfide) groups is 1. The van der Waals surface area contributed by atoms with E-state index in [0.717, 1.165) is 42.7 Å². The van der Waals surface area contributed by atoms with E-state index >= 15 is 0 Å². The number of benzene rings is 1. The fourth-order valence-electron chi connectivity index (χ4n) is 3.77. The summed E-state index contributed by atoms with van der Waals surface area (Å²) in [6.45, 7) is 4.30. The van der Waals surface area contributed by atoms with Crippen molar-refractivity contribution in [2.24, 2.45) is 11.7 Å². The van der Waals surface area contributed by atoms with Crippen LogP contribution in [0.3, 0.4) is 0 Å². The maximum Gasteiger partial charge on any atom is 0.328 e. The molecule has 4 atom stereocenters. The summed E-state index contributed by atoms with van der Waals surface area (Å²) in [5.74, 6) is 0.467. The summed E-state index contributed by atoms with van der Waals surface area (Å²) >= 11 is 1.59. The molecule has 0 saturated carbocycles. The van der Waals surface area contributed by atoms with Gasteiger partial charge in [-0.2, -0.15) is 11.8 Å². The van der Waals surface area contributed by atoms with Gasteiger partial charge in [0.1, 0.15) is 17.8 Å². The first-order valence-electron chi connectivity index (χ1n) is 10.5. The molecule has 1 heterocycles. The molecule has 8 heteroatoms. The highest BCUT2D eigenvalue weighted by Crippen LogP contribution is 2.48. The quantitative estimate of drug-likeness (QED) is 0.400. The van der Waals surface area contributed by atoms with Crippen molar-refractivity contribution in [1.29, 1.82) is 0 Å². The zero-order valence-electron chi connectivity index (χ0n) is 18.3. The highest BCUT2D eigenvalue weighted by atomic mass is 32.2. The summed E-state index contributed by atoms with van der Waals surface area (Å²) < 4.78 is 15.6. The van der Waals surface area contributed by atoms with Crippen LogP contribution in [0.1, 0.15) is 50.3 Å². The van der Waals surface area contributed by atoms with E-state index in [1.807, 2.05) is 25.1 Å². The molecule has 2 unspecified atom stereocenters. The lowest BCUT2D eigenvalue weighted by Gasteiger charge is -2.39. The molecule has 1 aliphatic heterocycles. The lowest BCUT2D eigenvalue weighted by molar-refractivity contribution is -0.145. The third-order valence-electron chi connectivity index (χ3n) is 5.33. The van der Waals surface area contributed by atoms with Gasteiger partial charge in [0.2, 0.25) is 0 Å². The molecule has 168 valence electrons. The SMILES string of the molecule is CCCCC[C@H]1C(SCC(N)C(=O)OC)c2cc(OC)ccc2N[C@H]1C(=O)OCC. The van der Waals surface area contributed by atoms with Crippen molar-refractivity contribution in [2.45, 2.75) is 56.9 Å². The van der Waals surface area contributed by atoms with Crippen LogP contribution in [0.4, 0.5) is 5.69 Å². The Bertz CT molecular complexity index is 715. The third-order valence-corrected chi connectivity index (χ3v) is 6.85. The number of esters is 2. The average molecular weight is 439 g/mol. The number of fused-ring (bicyclic) bond motifs is 1. The molecule has 30 heavy (non-hydrogen) atoms. The second-order valence-electron chi connectivity index (χ2n) is 7.37. The second-order valence-corrected chi connectivity index (χ2v) is 8.54. The maximum atomic E-state index is 12.8. The van der Waals surface area contributed by atoms with Gasteiger partial charge in [-0.25, -0.2) is 4.79 Å². The van der Waals surface area contributed by atoms with Crippen LogP contribution in [0, 0.1) is 5.92 Å². The fraction of sp³-hybridized carbons (Fsp3) is 0.636. The number of nitrogens with two attached hydrogens (primary N) is 1. The van der Waals surface area contributed by atoms with Gasteiger partial charge in [0.15, 0.2) is 0 Å². The molecular weight excluding hydrogens is 404 g/mol. The molecule has 0 spiro atoms. The standard InChI is InChI=1S/C22H34N2O5S/c1-5-7-8-9-15-19(22(26)29-6-2)24-18-11-10-14(27-3)12-16(18)20(15)30-13-17(23)21(25)28-4/h10-12,15,17,19-20,24H,5-9,13,23H2,1-4H3/t15-,17?,19-,20?/m1/s1. The van der Waals surface area contributed by atoms with Crippen LogP contribution < -0.4 is 15.8 Å². The van der Waals surface area contributed by atoms with E-state index in [0.29, 0.717) is 12.4 Å². The lowest BCUT2D eigenvalue weighted by Crippen LogP contribution is -2.44. The average Bonchev–Trinajstić information content (AvgIpc) is 2.76.